The van der Waals surface area contributed by atoms with Crippen molar-refractivity contribution < 1.29 is 4.79 Å². The van der Waals surface area contributed by atoms with Crippen molar-refractivity contribution in [3.63, 3.8) is 0 Å². The maximum atomic E-state index is 11.5. The number of benzene rings is 2. The zero-order chi connectivity index (χ0) is 20.9. The summed E-state index contributed by atoms with van der Waals surface area (Å²) in [5.74, 6) is 0.557. The monoisotopic (exact) mass is 395 g/mol. The lowest BCUT2D eigenvalue weighted by atomic mass is 9.93. The van der Waals surface area contributed by atoms with E-state index in [1.165, 1.54) is 48.8 Å². The van der Waals surface area contributed by atoms with Crippen LogP contribution in [-0.2, 0) is 12.8 Å². The molecule has 4 heteroatoms. The number of carbonyl (C=O) groups is 1. The second kappa shape index (κ2) is 13.0. The molecule has 0 spiro atoms. The third-order valence-corrected chi connectivity index (χ3v) is 5.30. The molecule has 2 aromatic carbocycles. The lowest BCUT2D eigenvalue weighted by molar-refractivity contribution is 0.254. The van der Waals surface area contributed by atoms with E-state index in [-0.39, 0.29) is 6.03 Å². The molecule has 0 fully saturated rings. The van der Waals surface area contributed by atoms with E-state index in [4.69, 9.17) is 0 Å². The van der Waals surface area contributed by atoms with Gasteiger partial charge in [-0.25, -0.2) is 4.79 Å². The van der Waals surface area contributed by atoms with Crippen LogP contribution in [0.25, 0.3) is 0 Å². The van der Waals surface area contributed by atoms with E-state index in [1.54, 1.807) is 7.05 Å². The van der Waals surface area contributed by atoms with Gasteiger partial charge in [-0.2, -0.15) is 0 Å². The molecule has 2 rings (SSSR count). The zero-order valence-corrected chi connectivity index (χ0v) is 18.3. The lowest BCUT2D eigenvalue weighted by Gasteiger charge is -2.18. The molecular formula is C25H37N3O. The number of hydrogen-bond acceptors (Lipinski definition) is 2. The number of carbonyl (C=O) groups excluding carboxylic acids is 1. The molecule has 2 amide bonds. The van der Waals surface area contributed by atoms with Crippen molar-refractivity contribution in [1.82, 2.24) is 10.6 Å². The molecule has 29 heavy (non-hydrogen) atoms. The topological polar surface area (TPSA) is 53.2 Å². The number of nitrogens with one attached hydrogen (secondary N) is 3. The van der Waals surface area contributed by atoms with Crippen LogP contribution >= 0.6 is 0 Å². The van der Waals surface area contributed by atoms with Crippen LogP contribution in [0.15, 0.2) is 48.5 Å². The summed E-state index contributed by atoms with van der Waals surface area (Å²) in [4.78, 5) is 11.5. The molecule has 3 N–H and O–H groups in total. The summed E-state index contributed by atoms with van der Waals surface area (Å²) in [6.45, 7) is 6.43. The number of urea groups is 1. The SMILES string of the molecule is CCCCc1ccc(C(CCC)CNCCc2cccc(NC(=O)NC)c2)cc1. The molecule has 0 bridgehead atoms. The fraction of sp³-hybridized carbons (Fsp3) is 0.480. The van der Waals surface area contributed by atoms with Gasteiger partial charge >= 0.3 is 6.03 Å². The first-order valence-electron chi connectivity index (χ1n) is 11.0. The first kappa shape index (κ1) is 23.0. The van der Waals surface area contributed by atoms with E-state index < -0.39 is 0 Å². The minimum absolute atomic E-state index is 0.191. The van der Waals surface area contributed by atoms with Gasteiger partial charge in [0.25, 0.3) is 0 Å². The highest BCUT2D eigenvalue weighted by Crippen LogP contribution is 2.22. The van der Waals surface area contributed by atoms with Gasteiger partial charge in [-0.15, -0.1) is 0 Å². The first-order chi connectivity index (χ1) is 14.2. The second-order valence-electron chi connectivity index (χ2n) is 7.69. The minimum atomic E-state index is -0.191. The molecule has 0 aliphatic heterocycles. The van der Waals surface area contributed by atoms with Crippen LogP contribution in [0.5, 0.6) is 0 Å². The smallest absolute Gasteiger partial charge is 0.318 e. The van der Waals surface area contributed by atoms with Gasteiger partial charge in [0.05, 0.1) is 0 Å². The fourth-order valence-corrected chi connectivity index (χ4v) is 3.58. The Balaban J connectivity index is 1.83. The van der Waals surface area contributed by atoms with E-state index in [0.29, 0.717) is 5.92 Å². The Hall–Kier alpha value is -2.33. The molecule has 0 saturated carbocycles. The van der Waals surface area contributed by atoms with Crippen LogP contribution in [0.4, 0.5) is 10.5 Å². The molecule has 0 aromatic heterocycles. The molecular weight excluding hydrogens is 358 g/mol. The van der Waals surface area contributed by atoms with Crippen molar-refractivity contribution in [2.75, 3.05) is 25.5 Å². The second-order valence-corrected chi connectivity index (χ2v) is 7.69. The molecule has 0 aliphatic carbocycles. The van der Waals surface area contributed by atoms with E-state index >= 15 is 0 Å². The summed E-state index contributed by atoms with van der Waals surface area (Å²) < 4.78 is 0. The highest BCUT2D eigenvalue weighted by molar-refractivity contribution is 5.89. The van der Waals surface area contributed by atoms with E-state index in [9.17, 15) is 4.79 Å². The van der Waals surface area contributed by atoms with E-state index in [2.05, 4.69) is 60.1 Å². The van der Waals surface area contributed by atoms with Crippen LogP contribution in [0, 0.1) is 0 Å². The summed E-state index contributed by atoms with van der Waals surface area (Å²) in [6, 6.07) is 17.1. The predicted molar refractivity (Wildman–Crippen MR) is 124 cm³/mol. The molecule has 1 atom stereocenters. The van der Waals surface area contributed by atoms with E-state index in [0.717, 1.165) is 25.2 Å². The van der Waals surface area contributed by atoms with Crippen LogP contribution in [0.1, 0.15) is 62.1 Å². The third kappa shape index (κ3) is 8.28. The van der Waals surface area contributed by atoms with E-state index in [1.807, 2.05) is 18.2 Å². The van der Waals surface area contributed by atoms with Crippen molar-refractivity contribution in [3.05, 3.63) is 65.2 Å². The van der Waals surface area contributed by atoms with Crippen molar-refractivity contribution in [3.8, 4) is 0 Å². The summed E-state index contributed by atoms with van der Waals surface area (Å²) in [5, 5.41) is 9.04. The van der Waals surface area contributed by atoms with Crippen molar-refractivity contribution in [2.24, 2.45) is 0 Å². The molecule has 0 saturated heterocycles. The van der Waals surface area contributed by atoms with Crippen molar-refractivity contribution in [1.29, 1.82) is 0 Å². The predicted octanol–water partition coefficient (Wildman–Crippen LogP) is 5.50. The molecule has 2 aromatic rings. The Labute approximate surface area is 176 Å². The Morgan fingerprint density at radius 2 is 1.76 bits per heavy atom. The maximum absolute atomic E-state index is 11.5. The van der Waals surface area contributed by atoms with Gasteiger partial charge in [0, 0.05) is 19.3 Å². The number of amides is 2. The Bertz CT molecular complexity index is 727. The Morgan fingerprint density at radius 3 is 2.45 bits per heavy atom. The van der Waals surface area contributed by atoms with Crippen molar-refractivity contribution >= 4 is 11.7 Å². The molecule has 0 radical (unpaired) electrons. The maximum Gasteiger partial charge on any atom is 0.318 e. The van der Waals surface area contributed by atoms with Gasteiger partial charge in [0.1, 0.15) is 0 Å². The molecule has 158 valence electrons. The van der Waals surface area contributed by atoms with Gasteiger partial charge in [-0.3, -0.25) is 0 Å². The van der Waals surface area contributed by atoms with Gasteiger partial charge in [-0.1, -0.05) is 63.1 Å². The number of aryl methyl sites for hydroxylation is 1. The number of rotatable bonds is 12. The third-order valence-electron chi connectivity index (χ3n) is 5.30. The lowest BCUT2D eigenvalue weighted by Crippen LogP contribution is -2.25. The molecule has 0 heterocycles. The standard InChI is InChI=1S/C25H37N3O/c1-4-6-9-20-12-14-22(15-13-20)23(8-5-2)19-27-17-16-21-10-7-11-24(18-21)28-25(29)26-3/h7,10-15,18,23,27H,4-6,8-9,16-17,19H2,1-3H3,(H2,26,28,29). The molecule has 4 nitrogen and oxygen atoms in total. The van der Waals surface area contributed by atoms with Gasteiger partial charge < -0.3 is 16.0 Å². The number of hydrogen-bond donors (Lipinski definition) is 3. The van der Waals surface area contributed by atoms with Crippen LogP contribution in [0.3, 0.4) is 0 Å². The van der Waals surface area contributed by atoms with Gasteiger partial charge in [-0.05, 0) is 67.0 Å². The highest BCUT2D eigenvalue weighted by atomic mass is 16.2. The summed E-state index contributed by atoms with van der Waals surface area (Å²) in [6.07, 6.45) is 7.03. The highest BCUT2D eigenvalue weighted by Gasteiger charge is 2.10. The fourth-order valence-electron chi connectivity index (χ4n) is 3.58. The van der Waals surface area contributed by atoms with Crippen LogP contribution in [0.2, 0.25) is 0 Å². The first-order valence-corrected chi connectivity index (χ1v) is 11.0. The average Bonchev–Trinajstić information content (AvgIpc) is 2.75. The normalized spacial score (nSPS) is 11.8. The average molecular weight is 396 g/mol. The summed E-state index contributed by atoms with van der Waals surface area (Å²) >= 11 is 0. The quantitative estimate of drug-likeness (QED) is 0.416. The number of unbranched alkanes of at least 4 members (excludes halogenated alkanes) is 1. The summed E-state index contributed by atoms with van der Waals surface area (Å²) in [5.41, 5.74) is 4.94. The molecule has 0 aliphatic rings. The number of anilines is 1. The molecule has 1 unspecified atom stereocenters. The van der Waals surface area contributed by atoms with Crippen LogP contribution in [-0.4, -0.2) is 26.2 Å². The van der Waals surface area contributed by atoms with Gasteiger partial charge in [0.2, 0.25) is 0 Å². The Morgan fingerprint density at radius 1 is 0.966 bits per heavy atom. The Kier molecular flexibility index (Phi) is 10.3. The van der Waals surface area contributed by atoms with Crippen molar-refractivity contribution in [2.45, 2.75) is 58.3 Å². The van der Waals surface area contributed by atoms with Crippen LogP contribution < -0.4 is 16.0 Å². The minimum Gasteiger partial charge on any atom is -0.341 e. The summed E-state index contributed by atoms with van der Waals surface area (Å²) in [7, 11) is 1.62. The largest absolute Gasteiger partial charge is 0.341 e. The van der Waals surface area contributed by atoms with Gasteiger partial charge in [0.15, 0.2) is 0 Å². The zero-order valence-electron chi connectivity index (χ0n) is 18.3.